The fourth-order valence-corrected chi connectivity index (χ4v) is 2.96. The SMILES string of the molecule is CCN(C(=O)c1cc(Cl)cnc1-n1nccn1)C(C)CNc1ncc(C(F)(F)F)cn1. The van der Waals surface area contributed by atoms with Crippen molar-refractivity contribution in [2.45, 2.75) is 26.1 Å². The molecule has 1 atom stereocenters. The second-order valence-electron chi connectivity index (χ2n) is 6.46. The zero-order valence-corrected chi connectivity index (χ0v) is 17.3. The van der Waals surface area contributed by atoms with E-state index in [0.717, 1.165) is 0 Å². The monoisotopic (exact) mass is 454 g/mol. The summed E-state index contributed by atoms with van der Waals surface area (Å²) >= 11 is 6.04. The van der Waals surface area contributed by atoms with Crippen LogP contribution in [0.3, 0.4) is 0 Å². The lowest BCUT2D eigenvalue weighted by Gasteiger charge is -2.28. The fourth-order valence-electron chi connectivity index (χ4n) is 2.80. The molecule has 3 rings (SSSR count). The summed E-state index contributed by atoms with van der Waals surface area (Å²) < 4.78 is 37.9. The van der Waals surface area contributed by atoms with Crippen LogP contribution in [0.2, 0.25) is 5.02 Å². The third-order valence-corrected chi connectivity index (χ3v) is 4.55. The molecule has 0 saturated carbocycles. The second-order valence-corrected chi connectivity index (χ2v) is 6.89. The Morgan fingerprint density at radius 1 is 1.19 bits per heavy atom. The maximum atomic E-state index is 13.2. The molecular weight excluding hydrogens is 437 g/mol. The molecule has 3 aromatic rings. The highest BCUT2D eigenvalue weighted by Crippen LogP contribution is 2.28. The number of likely N-dealkylation sites (N-methyl/N-ethyl adjacent to an activating group) is 1. The van der Waals surface area contributed by atoms with Crippen molar-refractivity contribution in [1.29, 1.82) is 0 Å². The first kappa shape index (κ1) is 22.4. The van der Waals surface area contributed by atoms with Crippen molar-refractivity contribution in [3.05, 3.63) is 53.2 Å². The maximum Gasteiger partial charge on any atom is 0.419 e. The van der Waals surface area contributed by atoms with E-state index >= 15 is 0 Å². The molecule has 1 unspecified atom stereocenters. The molecule has 3 heterocycles. The molecule has 3 aromatic heterocycles. The summed E-state index contributed by atoms with van der Waals surface area (Å²) in [6, 6.07) is 1.12. The lowest BCUT2D eigenvalue weighted by molar-refractivity contribution is -0.138. The highest BCUT2D eigenvalue weighted by Gasteiger charge is 2.31. The number of hydrogen-bond acceptors (Lipinski definition) is 7. The van der Waals surface area contributed by atoms with E-state index in [1.54, 1.807) is 18.7 Å². The first-order valence-corrected chi connectivity index (χ1v) is 9.54. The van der Waals surface area contributed by atoms with Gasteiger partial charge in [-0.15, -0.1) is 4.80 Å². The number of alkyl halides is 3. The summed E-state index contributed by atoms with van der Waals surface area (Å²) in [7, 11) is 0. The smallest absolute Gasteiger partial charge is 0.352 e. The van der Waals surface area contributed by atoms with Crippen molar-refractivity contribution in [1.82, 2.24) is 34.8 Å². The van der Waals surface area contributed by atoms with Crippen molar-refractivity contribution in [2.75, 3.05) is 18.4 Å². The Hall–Kier alpha value is -3.28. The van der Waals surface area contributed by atoms with Gasteiger partial charge in [0, 0.05) is 37.7 Å². The average Bonchev–Trinajstić information content (AvgIpc) is 3.27. The Morgan fingerprint density at radius 2 is 1.84 bits per heavy atom. The minimum absolute atomic E-state index is 0.0224. The van der Waals surface area contributed by atoms with E-state index in [2.05, 4.69) is 30.5 Å². The van der Waals surface area contributed by atoms with Gasteiger partial charge in [0.25, 0.3) is 5.91 Å². The standard InChI is InChI=1S/C18H18ClF3N8O/c1-3-29(11(2)7-24-17-25-8-12(9-26-17)18(20,21)22)16(31)14-6-13(19)10-23-15(14)30-27-4-5-28-30/h4-6,8-11H,3,7H2,1-2H3,(H,24,25,26). The van der Waals surface area contributed by atoms with E-state index in [-0.39, 0.29) is 40.8 Å². The van der Waals surface area contributed by atoms with Crippen LogP contribution in [-0.4, -0.2) is 59.9 Å². The molecule has 13 heteroatoms. The Labute approximate surface area is 180 Å². The molecule has 0 aromatic carbocycles. The number of carbonyl (C=O) groups is 1. The number of hydrogen-bond donors (Lipinski definition) is 1. The highest BCUT2D eigenvalue weighted by molar-refractivity contribution is 6.30. The number of nitrogens with one attached hydrogen (secondary N) is 1. The number of aromatic nitrogens is 6. The van der Waals surface area contributed by atoms with E-state index in [0.29, 0.717) is 18.9 Å². The zero-order chi connectivity index (χ0) is 22.6. The number of amides is 1. The predicted octanol–water partition coefficient (Wildman–Crippen LogP) is 3.09. The van der Waals surface area contributed by atoms with E-state index in [9.17, 15) is 18.0 Å². The van der Waals surface area contributed by atoms with Gasteiger partial charge >= 0.3 is 6.18 Å². The lowest BCUT2D eigenvalue weighted by Crippen LogP contribution is -2.42. The van der Waals surface area contributed by atoms with Crippen LogP contribution < -0.4 is 5.32 Å². The molecular formula is C18H18ClF3N8O. The van der Waals surface area contributed by atoms with Crippen molar-refractivity contribution in [3.8, 4) is 5.82 Å². The summed E-state index contributed by atoms with van der Waals surface area (Å²) in [5.74, 6) is -0.106. The third-order valence-electron chi connectivity index (χ3n) is 4.34. The first-order chi connectivity index (χ1) is 14.7. The van der Waals surface area contributed by atoms with Crippen molar-refractivity contribution >= 4 is 23.5 Å². The fraction of sp³-hybridized carbons (Fsp3) is 0.333. The lowest BCUT2D eigenvalue weighted by atomic mass is 10.2. The number of rotatable bonds is 7. The average molecular weight is 455 g/mol. The van der Waals surface area contributed by atoms with Crippen LogP contribution >= 0.6 is 11.6 Å². The van der Waals surface area contributed by atoms with Crippen LogP contribution in [0.4, 0.5) is 19.1 Å². The van der Waals surface area contributed by atoms with Gasteiger partial charge < -0.3 is 10.2 Å². The summed E-state index contributed by atoms with van der Waals surface area (Å²) in [4.78, 5) is 27.5. The molecule has 0 radical (unpaired) electrons. The summed E-state index contributed by atoms with van der Waals surface area (Å²) in [5.41, 5.74) is -0.729. The summed E-state index contributed by atoms with van der Waals surface area (Å²) in [5, 5.41) is 11.1. The van der Waals surface area contributed by atoms with Crippen molar-refractivity contribution in [3.63, 3.8) is 0 Å². The number of carbonyl (C=O) groups excluding carboxylic acids is 1. The predicted molar refractivity (Wildman–Crippen MR) is 106 cm³/mol. The van der Waals surface area contributed by atoms with Gasteiger partial charge in [-0.1, -0.05) is 11.6 Å². The largest absolute Gasteiger partial charge is 0.419 e. The molecule has 0 fully saturated rings. The van der Waals surface area contributed by atoms with Gasteiger partial charge in [-0.25, -0.2) is 15.0 Å². The van der Waals surface area contributed by atoms with E-state index in [4.69, 9.17) is 11.6 Å². The number of pyridine rings is 1. The van der Waals surface area contributed by atoms with Gasteiger partial charge in [0.15, 0.2) is 5.82 Å². The Kier molecular flexibility index (Phi) is 6.68. The highest BCUT2D eigenvalue weighted by atomic mass is 35.5. The van der Waals surface area contributed by atoms with Crippen LogP contribution in [0.25, 0.3) is 5.82 Å². The number of halogens is 4. The van der Waals surface area contributed by atoms with E-state index < -0.39 is 11.7 Å². The summed E-state index contributed by atoms with van der Waals surface area (Å²) in [6.45, 7) is 4.14. The first-order valence-electron chi connectivity index (χ1n) is 9.17. The normalized spacial score (nSPS) is 12.5. The molecule has 0 aliphatic rings. The molecule has 1 N–H and O–H groups in total. The number of nitrogens with zero attached hydrogens (tertiary/aromatic N) is 7. The van der Waals surface area contributed by atoms with Gasteiger partial charge in [-0.05, 0) is 19.9 Å². The molecule has 0 bridgehead atoms. The van der Waals surface area contributed by atoms with Crippen LogP contribution in [0.5, 0.6) is 0 Å². The maximum absolute atomic E-state index is 13.2. The summed E-state index contributed by atoms with van der Waals surface area (Å²) in [6.07, 6.45) is 1.19. The van der Waals surface area contributed by atoms with Crippen molar-refractivity contribution < 1.29 is 18.0 Å². The molecule has 164 valence electrons. The van der Waals surface area contributed by atoms with Gasteiger partial charge in [0.1, 0.15) is 0 Å². The minimum atomic E-state index is -4.51. The van der Waals surface area contributed by atoms with Gasteiger partial charge in [0.05, 0.1) is 28.5 Å². The van der Waals surface area contributed by atoms with Gasteiger partial charge in [-0.3, -0.25) is 4.79 Å². The van der Waals surface area contributed by atoms with E-state index in [1.165, 1.54) is 29.5 Å². The molecule has 0 spiro atoms. The minimum Gasteiger partial charge on any atom is -0.352 e. The number of anilines is 1. The Morgan fingerprint density at radius 3 is 2.42 bits per heavy atom. The van der Waals surface area contributed by atoms with Gasteiger partial charge in [0.2, 0.25) is 5.95 Å². The molecule has 0 saturated heterocycles. The molecule has 0 aliphatic heterocycles. The molecule has 1 amide bonds. The second kappa shape index (κ2) is 9.25. The molecule has 9 nitrogen and oxygen atoms in total. The quantitative estimate of drug-likeness (QED) is 0.585. The van der Waals surface area contributed by atoms with Crippen LogP contribution in [0, 0.1) is 0 Å². The topological polar surface area (TPSA) is 102 Å². The van der Waals surface area contributed by atoms with Crippen molar-refractivity contribution in [2.24, 2.45) is 0 Å². The molecule has 31 heavy (non-hydrogen) atoms. The zero-order valence-electron chi connectivity index (χ0n) is 16.5. The van der Waals surface area contributed by atoms with Gasteiger partial charge in [-0.2, -0.15) is 23.4 Å². The van der Waals surface area contributed by atoms with E-state index in [1.807, 2.05) is 0 Å². The van der Waals surface area contributed by atoms with Crippen LogP contribution in [-0.2, 0) is 6.18 Å². The van der Waals surface area contributed by atoms with Crippen LogP contribution in [0.1, 0.15) is 29.8 Å². The third kappa shape index (κ3) is 5.26. The Balaban J connectivity index is 1.74. The Bertz CT molecular complexity index is 1030. The van der Waals surface area contributed by atoms with Crippen LogP contribution in [0.15, 0.2) is 37.1 Å². The molecule has 0 aliphatic carbocycles.